The highest BCUT2D eigenvalue weighted by atomic mass is 35.5. The topological polar surface area (TPSA) is 33.1 Å². The average Bonchev–Trinajstić information content (AvgIpc) is 2.74. The van der Waals surface area contributed by atoms with Crippen molar-refractivity contribution >= 4 is 22.9 Å². The predicted molar refractivity (Wildman–Crippen MR) is 62.2 cm³/mol. The van der Waals surface area contributed by atoms with Gasteiger partial charge in [-0.3, -0.25) is 4.98 Å². The zero-order valence-corrected chi connectivity index (χ0v) is 9.80. The Labute approximate surface area is 101 Å². The molecule has 16 heavy (non-hydrogen) atoms. The zero-order chi connectivity index (χ0) is 11.5. The molecule has 1 unspecified atom stereocenters. The van der Waals surface area contributed by atoms with Crippen molar-refractivity contribution in [2.45, 2.75) is 12.5 Å². The van der Waals surface area contributed by atoms with E-state index in [0.717, 1.165) is 4.88 Å². The number of aromatic nitrogens is 1. The molecule has 0 aliphatic heterocycles. The molecule has 0 fully saturated rings. The Bertz CT molecular complexity index is 475. The third-order valence-electron chi connectivity index (χ3n) is 2.21. The first-order valence-electron chi connectivity index (χ1n) is 4.67. The number of aliphatic hydroxyl groups is 1. The van der Waals surface area contributed by atoms with Crippen molar-refractivity contribution in [1.82, 2.24) is 4.98 Å². The second-order valence-electron chi connectivity index (χ2n) is 3.36. The van der Waals surface area contributed by atoms with Gasteiger partial charge in [0.15, 0.2) is 0 Å². The van der Waals surface area contributed by atoms with Crippen molar-refractivity contribution in [2.75, 3.05) is 0 Å². The first kappa shape index (κ1) is 11.5. The van der Waals surface area contributed by atoms with Gasteiger partial charge in [0.05, 0.1) is 16.6 Å². The normalized spacial score (nSPS) is 12.7. The number of hydrogen-bond donors (Lipinski definition) is 1. The number of benzene rings is 1. The molecular weight excluding hydrogens is 249 g/mol. The van der Waals surface area contributed by atoms with E-state index in [9.17, 15) is 9.50 Å². The molecular formula is C11H9ClFNOS. The molecule has 0 amide bonds. The van der Waals surface area contributed by atoms with Gasteiger partial charge in [-0.05, 0) is 17.7 Å². The maximum Gasteiger partial charge on any atom is 0.141 e. The summed E-state index contributed by atoms with van der Waals surface area (Å²) >= 11 is 7.12. The molecule has 0 saturated carbocycles. The van der Waals surface area contributed by atoms with E-state index in [1.807, 2.05) is 0 Å². The van der Waals surface area contributed by atoms with Crippen molar-refractivity contribution < 1.29 is 9.50 Å². The van der Waals surface area contributed by atoms with Crippen molar-refractivity contribution in [1.29, 1.82) is 0 Å². The van der Waals surface area contributed by atoms with Crippen LogP contribution in [-0.4, -0.2) is 10.1 Å². The lowest BCUT2D eigenvalue weighted by Crippen LogP contribution is -2.00. The fraction of sp³-hybridized carbons (Fsp3) is 0.182. The monoisotopic (exact) mass is 257 g/mol. The van der Waals surface area contributed by atoms with E-state index in [1.165, 1.54) is 29.5 Å². The van der Waals surface area contributed by atoms with E-state index >= 15 is 0 Å². The summed E-state index contributed by atoms with van der Waals surface area (Å²) in [6.45, 7) is 0. The van der Waals surface area contributed by atoms with E-state index in [2.05, 4.69) is 4.98 Å². The predicted octanol–water partition coefficient (Wildman–Crippen LogP) is 3.21. The Kier molecular flexibility index (Phi) is 3.53. The SMILES string of the molecule is OC(Cc1cncs1)c1ccc(F)c(Cl)c1. The standard InChI is InChI=1S/C11H9ClFNOS/c12-9-3-7(1-2-10(9)13)11(15)4-8-5-14-6-16-8/h1-3,5-6,11,15H,4H2. The van der Waals surface area contributed by atoms with Crippen LogP contribution in [0.2, 0.25) is 5.02 Å². The molecule has 0 bridgehead atoms. The fourth-order valence-electron chi connectivity index (χ4n) is 1.37. The number of rotatable bonds is 3. The van der Waals surface area contributed by atoms with Gasteiger partial charge in [-0.1, -0.05) is 17.7 Å². The summed E-state index contributed by atoms with van der Waals surface area (Å²) in [6, 6.07) is 4.24. The van der Waals surface area contributed by atoms with E-state index in [-0.39, 0.29) is 5.02 Å². The van der Waals surface area contributed by atoms with Crippen LogP contribution in [0.25, 0.3) is 0 Å². The lowest BCUT2D eigenvalue weighted by atomic mass is 10.1. The second-order valence-corrected chi connectivity index (χ2v) is 4.74. The van der Waals surface area contributed by atoms with Crippen LogP contribution in [-0.2, 0) is 6.42 Å². The minimum absolute atomic E-state index is 0.0286. The van der Waals surface area contributed by atoms with Gasteiger partial charge < -0.3 is 5.11 Å². The van der Waals surface area contributed by atoms with Crippen molar-refractivity contribution in [3.63, 3.8) is 0 Å². The maximum atomic E-state index is 12.9. The van der Waals surface area contributed by atoms with Crippen LogP contribution in [0, 0.1) is 5.82 Å². The average molecular weight is 258 g/mol. The van der Waals surface area contributed by atoms with Gasteiger partial charge in [0, 0.05) is 17.5 Å². The molecule has 1 atom stereocenters. The zero-order valence-electron chi connectivity index (χ0n) is 8.23. The maximum absolute atomic E-state index is 12.9. The van der Waals surface area contributed by atoms with E-state index < -0.39 is 11.9 Å². The molecule has 0 radical (unpaired) electrons. The minimum Gasteiger partial charge on any atom is -0.388 e. The Hall–Kier alpha value is -0.970. The number of aliphatic hydroxyl groups excluding tert-OH is 1. The van der Waals surface area contributed by atoms with Crippen molar-refractivity contribution in [3.05, 3.63) is 51.2 Å². The highest BCUT2D eigenvalue weighted by Crippen LogP contribution is 2.24. The largest absolute Gasteiger partial charge is 0.388 e. The number of hydrogen-bond acceptors (Lipinski definition) is 3. The van der Waals surface area contributed by atoms with Crippen LogP contribution in [0.15, 0.2) is 29.9 Å². The molecule has 1 heterocycles. The van der Waals surface area contributed by atoms with Gasteiger partial charge in [-0.15, -0.1) is 11.3 Å². The number of nitrogens with zero attached hydrogens (tertiary/aromatic N) is 1. The third-order valence-corrected chi connectivity index (χ3v) is 3.30. The molecule has 84 valence electrons. The summed E-state index contributed by atoms with van der Waals surface area (Å²) < 4.78 is 12.9. The Morgan fingerprint density at radius 3 is 2.94 bits per heavy atom. The molecule has 5 heteroatoms. The van der Waals surface area contributed by atoms with Gasteiger partial charge in [0.25, 0.3) is 0 Å². The van der Waals surface area contributed by atoms with Gasteiger partial charge in [-0.2, -0.15) is 0 Å². The molecule has 2 nitrogen and oxygen atoms in total. The quantitative estimate of drug-likeness (QED) is 0.916. The second kappa shape index (κ2) is 4.91. The summed E-state index contributed by atoms with van der Waals surface area (Å²) in [5.74, 6) is -0.476. The van der Waals surface area contributed by atoms with Crippen LogP contribution >= 0.6 is 22.9 Å². The Morgan fingerprint density at radius 2 is 2.31 bits per heavy atom. The van der Waals surface area contributed by atoms with Crippen LogP contribution < -0.4 is 0 Å². The van der Waals surface area contributed by atoms with E-state index in [4.69, 9.17) is 11.6 Å². The third kappa shape index (κ3) is 2.58. The first-order valence-corrected chi connectivity index (χ1v) is 5.93. The molecule has 0 aliphatic rings. The number of halogens is 2. The molecule has 1 aromatic carbocycles. The van der Waals surface area contributed by atoms with Crippen molar-refractivity contribution in [2.24, 2.45) is 0 Å². The summed E-state index contributed by atoms with van der Waals surface area (Å²) in [7, 11) is 0. The molecule has 0 saturated heterocycles. The highest BCUT2D eigenvalue weighted by molar-refractivity contribution is 7.09. The molecule has 0 spiro atoms. The van der Waals surface area contributed by atoms with Gasteiger partial charge in [-0.25, -0.2) is 4.39 Å². The lowest BCUT2D eigenvalue weighted by Gasteiger charge is -2.09. The Balaban J connectivity index is 2.14. The Morgan fingerprint density at radius 1 is 1.50 bits per heavy atom. The summed E-state index contributed by atoms with van der Waals surface area (Å²) in [4.78, 5) is 4.90. The smallest absolute Gasteiger partial charge is 0.141 e. The lowest BCUT2D eigenvalue weighted by molar-refractivity contribution is 0.179. The van der Waals surface area contributed by atoms with Crippen LogP contribution in [0.1, 0.15) is 16.5 Å². The van der Waals surface area contributed by atoms with E-state index in [0.29, 0.717) is 12.0 Å². The fourth-order valence-corrected chi connectivity index (χ4v) is 2.19. The summed E-state index contributed by atoms with van der Waals surface area (Å²) in [6.07, 6.45) is 1.49. The minimum atomic E-state index is -0.682. The summed E-state index contributed by atoms with van der Waals surface area (Å²) in [5, 5.41) is 9.93. The van der Waals surface area contributed by atoms with Crippen LogP contribution in [0.5, 0.6) is 0 Å². The highest BCUT2D eigenvalue weighted by Gasteiger charge is 2.11. The first-order chi connectivity index (χ1) is 7.66. The molecule has 1 N–H and O–H groups in total. The van der Waals surface area contributed by atoms with Crippen LogP contribution in [0.3, 0.4) is 0 Å². The molecule has 0 aliphatic carbocycles. The van der Waals surface area contributed by atoms with Gasteiger partial charge in [0.1, 0.15) is 5.82 Å². The van der Waals surface area contributed by atoms with Crippen LogP contribution in [0.4, 0.5) is 4.39 Å². The molecule has 2 rings (SSSR count). The van der Waals surface area contributed by atoms with Gasteiger partial charge in [0.2, 0.25) is 0 Å². The number of thiazole rings is 1. The van der Waals surface area contributed by atoms with E-state index in [1.54, 1.807) is 11.7 Å². The molecule has 2 aromatic rings. The van der Waals surface area contributed by atoms with Crippen molar-refractivity contribution in [3.8, 4) is 0 Å². The molecule has 1 aromatic heterocycles. The summed E-state index contributed by atoms with van der Waals surface area (Å²) in [5.41, 5.74) is 2.32. The van der Waals surface area contributed by atoms with Gasteiger partial charge >= 0.3 is 0 Å².